The third-order valence-corrected chi connectivity index (χ3v) is 6.90. The Bertz CT molecular complexity index is 209. The lowest BCUT2D eigenvalue weighted by molar-refractivity contribution is -0.121. The first kappa shape index (κ1) is 9.91. The molecule has 0 bridgehead atoms. The van der Waals surface area contributed by atoms with Crippen molar-refractivity contribution in [3.8, 4) is 0 Å². The molecule has 1 spiro atoms. The van der Waals surface area contributed by atoms with Crippen LogP contribution in [0, 0.1) is 5.92 Å². The van der Waals surface area contributed by atoms with Gasteiger partial charge in [-0.15, -0.1) is 23.5 Å². The number of carbonyl (C=O) groups excluding carboxylic acids is 1. The Balaban J connectivity index is 2.07. The van der Waals surface area contributed by atoms with Crippen LogP contribution in [0.4, 0.5) is 0 Å². The Labute approximate surface area is 88.4 Å². The molecule has 0 N–H and O–H groups in total. The molecule has 0 aromatic carbocycles. The van der Waals surface area contributed by atoms with Crippen LogP contribution in [0.1, 0.15) is 32.6 Å². The summed E-state index contributed by atoms with van der Waals surface area (Å²) in [6.07, 6.45) is 4.10. The maximum atomic E-state index is 11.3. The first-order chi connectivity index (χ1) is 6.23. The van der Waals surface area contributed by atoms with Crippen molar-refractivity contribution in [3.63, 3.8) is 0 Å². The summed E-state index contributed by atoms with van der Waals surface area (Å²) in [7, 11) is 0. The summed E-state index contributed by atoms with van der Waals surface area (Å²) < 4.78 is 0.409. The van der Waals surface area contributed by atoms with Gasteiger partial charge in [0.05, 0.1) is 4.08 Å². The lowest BCUT2D eigenvalue weighted by atomic mass is 9.88. The second-order valence-corrected chi connectivity index (χ2v) is 7.12. The molecule has 0 radical (unpaired) electrons. The lowest BCUT2D eigenvalue weighted by Gasteiger charge is -2.43. The summed E-state index contributed by atoms with van der Waals surface area (Å²) in [4.78, 5) is 11.3. The molecule has 1 atom stereocenters. The zero-order chi connectivity index (χ0) is 9.31. The second kappa shape index (κ2) is 3.85. The van der Waals surface area contributed by atoms with Gasteiger partial charge in [0.25, 0.3) is 0 Å². The molecule has 0 aromatic heterocycles. The van der Waals surface area contributed by atoms with Gasteiger partial charge < -0.3 is 0 Å². The van der Waals surface area contributed by atoms with Crippen LogP contribution in [0.3, 0.4) is 0 Å². The van der Waals surface area contributed by atoms with E-state index in [4.69, 9.17) is 0 Å². The van der Waals surface area contributed by atoms with E-state index in [0.29, 0.717) is 15.8 Å². The van der Waals surface area contributed by atoms with Crippen molar-refractivity contribution in [2.24, 2.45) is 5.92 Å². The van der Waals surface area contributed by atoms with E-state index in [-0.39, 0.29) is 0 Å². The molecule has 2 rings (SSSR count). The quantitative estimate of drug-likeness (QED) is 0.620. The van der Waals surface area contributed by atoms with E-state index in [1.54, 1.807) is 0 Å². The van der Waals surface area contributed by atoms with E-state index < -0.39 is 0 Å². The van der Waals surface area contributed by atoms with Gasteiger partial charge in [-0.2, -0.15) is 0 Å². The maximum absolute atomic E-state index is 11.3. The van der Waals surface area contributed by atoms with E-state index in [9.17, 15) is 4.79 Å². The third-order valence-electron chi connectivity index (χ3n) is 3.02. The van der Waals surface area contributed by atoms with Gasteiger partial charge in [0.15, 0.2) is 0 Å². The van der Waals surface area contributed by atoms with Crippen LogP contribution < -0.4 is 0 Å². The molecule has 2 fully saturated rings. The Morgan fingerprint density at radius 1 is 1.38 bits per heavy atom. The predicted octanol–water partition coefficient (Wildman–Crippen LogP) is 2.94. The molecule has 74 valence electrons. The Kier molecular flexibility index (Phi) is 2.94. The summed E-state index contributed by atoms with van der Waals surface area (Å²) in [5, 5.41) is 0. The standard InChI is InChI=1S/C10H16OS2/c1-8-7-9(11)3-4-10(8)12-5-2-6-13-10/h8H,2-7H2,1H3/t8-/m0/s1. The minimum absolute atomic E-state index is 0.409. The van der Waals surface area contributed by atoms with Crippen LogP contribution in [-0.2, 0) is 4.79 Å². The van der Waals surface area contributed by atoms with E-state index in [1.807, 2.05) is 0 Å². The maximum Gasteiger partial charge on any atom is 0.133 e. The third kappa shape index (κ3) is 1.91. The summed E-state index contributed by atoms with van der Waals surface area (Å²) >= 11 is 4.21. The second-order valence-electron chi connectivity index (χ2n) is 4.01. The number of rotatable bonds is 0. The first-order valence-electron chi connectivity index (χ1n) is 5.02. The molecule has 1 saturated heterocycles. The predicted molar refractivity (Wildman–Crippen MR) is 60.3 cm³/mol. The fourth-order valence-electron chi connectivity index (χ4n) is 2.18. The highest BCUT2D eigenvalue weighted by Gasteiger charge is 2.42. The van der Waals surface area contributed by atoms with Crippen molar-refractivity contribution in [1.82, 2.24) is 0 Å². The largest absolute Gasteiger partial charge is 0.300 e. The van der Waals surface area contributed by atoms with Crippen molar-refractivity contribution in [3.05, 3.63) is 0 Å². The fourth-order valence-corrected chi connectivity index (χ4v) is 5.69. The highest BCUT2D eigenvalue weighted by molar-refractivity contribution is 8.18. The molecular formula is C10H16OS2. The van der Waals surface area contributed by atoms with Crippen molar-refractivity contribution in [1.29, 1.82) is 0 Å². The molecule has 2 aliphatic rings. The molecule has 1 heterocycles. The van der Waals surface area contributed by atoms with Crippen molar-refractivity contribution < 1.29 is 4.79 Å². The Morgan fingerprint density at radius 2 is 2.08 bits per heavy atom. The van der Waals surface area contributed by atoms with Crippen LogP contribution in [-0.4, -0.2) is 21.4 Å². The monoisotopic (exact) mass is 216 g/mol. The SMILES string of the molecule is C[C@H]1CC(=O)CCC12SCCCS2. The van der Waals surface area contributed by atoms with Gasteiger partial charge in [-0.05, 0) is 30.3 Å². The van der Waals surface area contributed by atoms with Gasteiger partial charge in [0, 0.05) is 12.8 Å². The fraction of sp³-hybridized carbons (Fsp3) is 0.900. The number of hydrogen-bond acceptors (Lipinski definition) is 3. The average molecular weight is 216 g/mol. The number of carbonyl (C=O) groups is 1. The van der Waals surface area contributed by atoms with Crippen molar-refractivity contribution in [2.45, 2.75) is 36.7 Å². The van der Waals surface area contributed by atoms with E-state index in [2.05, 4.69) is 30.4 Å². The number of Topliss-reactive ketones (excluding diaryl/α,β-unsaturated/α-hetero) is 1. The average Bonchev–Trinajstić information content (AvgIpc) is 2.14. The Morgan fingerprint density at radius 3 is 2.69 bits per heavy atom. The van der Waals surface area contributed by atoms with Crippen LogP contribution >= 0.6 is 23.5 Å². The van der Waals surface area contributed by atoms with Gasteiger partial charge >= 0.3 is 0 Å². The summed E-state index contributed by atoms with van der Waals surface area (Å²) in [5.41, 5.74) is 0. The van der Waals surface area contributed by atoms with Gasteiger partial charge in [-0.25, -0.2) is 0 Å². The van der Waals surface area contributed by atoms with E-state index >= 15 is 0 Å². The van der Waals surface area contributed by atoms with Crippen molar-refractivity contribution in [2.75, 3.05) is 11.5 Å². The number of thioether (sulfide) groups is 2. The molecule has 0 unspecified atom stereocenters. The number of ketones is 1. The highest BCUT2D eigenvalue weighted by atomic mass is 32.2. The highest BCUT2D eigenvalue weighted by Crippen LogP contribution is 2.53. The number of hydrogen-bond donors (Lipinski definition) is 0. The molecule has 1 aliphatic heterocycles. The lowest BCUT2D eigenvalue weighted by Crippen LogP contribution is -2.38. The first-order valence-corrected chi connectivity index (χ1v) is 7.00. The van der Waals surface area contributed by atoms with Crippen LogP contribution in [0.25, 0.3) is 0 Å². The summed E-state index contributed by atoms with van der Waals surface area (Å²) in [6, 6.07) is 0. The zero-order valence-corrected chi connectivity index (χ0v) is 9.68. The van der Waals surface area contributed by atoms with Gasteiger partial charge in [0.2, 0.25) is 0 Å². The van der Waals surface area contributed by atoms with Gasteiger partial charge in [0.1, 0.15) is 5.78 Å². The minimum atomic E-state index is 0.409. The minimum Gasteiger partial charge on any atom is -0.300 e. The normalized spacial score (nSPS) is 33.6. The molecule has 13 heavy (non-hydrogen) atoms. The topological polar surface area (TPSA) is 17.1 Å². The van der Waals surface area contributed by atoms with E-state index in [1.165, 1.54) is 17.9 Å². The molecule has 0 aromatic rings. The van der Waals surface area contributed by atoms with Gasteiger partial charge in [-0.3, -0.25) is 4.79 Å². The van der Waals surface area contributed by atoms with Gasteiger partial charge in [-0.1, -0.05) is 6.92 Å². The van der Waals surface area contributed by atoms with Crippen LogP contribution in [0.2, 0.25) is 0 Å². The van der Waals surface area contributed by atoms with Crippen LogP contribution in [0.5, 0.6) is 0 Å². The molecule has 0 amide bonds. The smallest absolute Gasteiger partial charge is 0.133 e. The van der Waals surface area contributed by atoms with Crippen molar-refractivity contribution >= 4 is 29.3 Å². The zero-order valence-electron chi connectivity index (χ0n) is 8.04. The molecule has 3 heteroatoms. The summed E-state index contributed by atoms with van der Waals surface area (Å²) in [5.74, 6) is 3.66. The molecule has 1 nitrogen and oxygen atoms in total. The van der Waals surface area contributed by atoms with Crippen LogP contribution in [0.15, 0.2) is 0 Å². The Hall–Kier alpha value is 0.370. The summed E-state index contributed by atoms with van der Waals surface area (Å²) in [6.45, 7) is 2.25. The molecular weight excluding hydrogens is 200 g/mol. The van der Waals surface area contributed by atoms with E-state index in [0.717, 1.165) is 19.3 Å². The molecule has 1 aliphatic carbocycles. The molecule has 1 saturated carbocycles.